The zero-order chi connectivity index (χ0) is 18.5. The van der Waals surface area contributed by atoms with Crippen LogP contribution in [0, 0.1) is 0 Å². The molecule has 3 heterocycles. The molecule has 27 heavy (non-hydrogen) atoms. The molecular weight excluding hydrogens is 344 g/mol. The quantitative estimate of drug-likeness (QED) is 0.811. The molecule has 1 fully saturated rings. The van der Waals surface area contributed by atoms with Gasteiger partial charge in [-0.2, -0.15) is 5.10 Å². The van der Waals surface area contributed by atoms with Gasteiger partial charge >= 0.3 is 0 Å². The minimum Gasteiger partial charge on any atom is -0.472 e. The Balaban J connectivity index is 1.31. The molecule has 0 bridgehead atoms. The van der Waals surface area contributed by atoms with Gasteiger partial charge in [-0.25, -0.2) is 4.98 Å². The molecule has 0 unspecified atom stereocenters. The van der Waals surface area contributed by atoms with Crippen LogP contribution in [0.1, 0.15) is 42.6 Å². The minimum absolute atomic E-state index is 0.00711. The van der Waals surface area contributed by atoms with E-state index < -0.39 is 0 Å². The number of ether oxygens (including phenoxy) is 2. The Morgan fingerprint density at radius 1 is 1.33 bits per heavy atom. The number of aromatic amines is 1. The molecule has 0 radical (unpaired) electrons. The third kappa shape index (κ3) is 4.47. The van der Waals surface area contributed by atoms with Crippen LogP contribution in [0.2, 0.25) is 0 Å². The van der Waals surface area contributed by atoms with Crippen molar-refractivity contribution in [2.75, 3.05) is 13.2 Å². The number of hydrogen-bond donors (Lipinski definition) is 2. The number of pyridine rings is 1. The molecule has 0 spiro atoms. The number of aromatic nitrogens is 3. The van der Waals surface area contributed by atoms with Crippen molar-refractivity contribution in [3.63, 3.8) is 0 Å². The Bertz CT molecular complexity index is 762. The summed E-state index contributed by atoms with van der Waals surface area (Å²) in [5.74, 6) is 0.583. The molecule has 1 aliphatic carbocycles. The lowest BCUT2D eigenvalue weighted by Crippen LogP contribution is -2.52. The van der Waals surface area contributed by atoms with Crippen molar-refractivity contribution in [3.8, 4) is 5.88 Å². The van der Waals surface area contributed by atoms with E-state index in [1.54, 1.807) is 6.20 Å². The SMILES string of the molecule is O=C(CCc1n[nH]c2c1CCCC2)N[C@@H]1COCC[C@H]1Oc1ccccn1. The fraction of sp³-hybridized carbons (Fsp3) is 0.550. The van der Waals surface area contributed by atoms with E-state index >= 15 is 0 Å². The zero-order valence-electron chi connectivity index (χ0n) is 15.4. The molecule has 4 rings (SSSR count). The average molecular weight is 370 g/mol. The Labute approximate surface area is 158 Å². The van der Waals surface area contributed by atoms with Crippen LogP contribution in [0.15, 0.2) is 24.4 Å². The molecule has 2 aromatic rings. The van der Waals surface area contributed by atoms with E-state index in [1.807, 2.05) is 18.2 Å². The molecule has 0 aromatic carbocycles. The van der Waals surface area contributed by atoms with Crippen molar-refractivity contribution < 1.29 is 14.3 Å². The number of carbonyl (C=O) groups is 1. The summed E-state index contributed by atoms with van der Waals surface area (Å²) < 4.78 is 11.5. The highest BCUT2D eigenvalue weighted by Gasteiger charge is 2.29. The number of aryl methyl sites for hydroxylation is 2. The monoisotopic (exact) mass is 370 g/mol. The zero-order valence-corrected chi connectivity index (χ0v) is 15.4. The molecule has 2 atom stereocenters. The predicted molar refractivity (Wildman–Crippen MR) is 99.6 cm³/mol. The van der Waals surface area contributed by atoms with Gasteiger partial charge in [0.25, 0.3) is 0 Å². The van der Waals surface area contributed by atoms with E-state index in [0.29, 0.717) is 31.9 Å². The van der Waals surface area contributed by atoms with Crippen LogP contribution < -0.4 is 10.1 Å². The summed E-state index contributed by atoms with van der Waals surface area (Å²) in [4.78, 5) is 16.7. The Morgan fingerprint density at radius 3 is 3.15 bits per heavy atom. The highest BCUT2D eigenvalue weighted by Crippen LogP contribution is 2.23. The van der Waals surface area contributed by atoms with Crippen LogP contribution in [-0.2, 0) is 28.8 Å². The lowest BCUT2D eigenvalue weighted by molar-refractivity contribution is -0.124. The van der Waals surface area contributed by atoms with Crippen molar-refractivity contribution in [3.05, 3.63) is 41.3 Å². The maximum atomic E-state index is 12.5. The van der Waals surface area contributed by atoms with Gasteiger partial charge in [0.1, 0.15) is 6.10 Å². The number of hydrogen-bond acceptors (Lipinski definition) is 5. The maximum Gasteiger partial charge on any atom is 0.220 e. The number of fused-ring (bicyclic) bond motifs is 1. The summed E-state index contributed by atoms with van der Waals surface area (Å²) in [7, 11) is 0. The third-order valence-corrected chi connectivity index (χ3v) is 5.28. The van der Waals surface area contributed by atoms with E-state index in [9.17, 15) is 4.79 Å². The van der Waals surface area contributed by atoms with Gasteiger partial charge < -0.3 is 14.8 Å². The topological polar surface area (TPSA) is 89.1 Å². The lowest BCUT2D eigenvalue weighted by Gasteiger charge is -2.32. The van der Waals surface area contributed by atoms with E-state index in [2.05, 4.69) is 20.5 Å². The lowest BCUT2D eigenvalue weighted by atomic mass is 9.94. The molecule has 7 heteroatoms. The van der Waals surface area contributed by atoms with Crippen LogP contribution in [0.3, 0.4) is 0 Å². The first kappa shape index (κ1) is 18.0. The number of H-pyrrole nitrogens is 1. The molecule has 1 amide bonds. The van der Waals surface area contributed by atoms with Crippen LogP contribution in [0.5, 0.6) is 5.88 Å². The van der Waals surface area contributed by atoms with E-state index in [-0.39, 0.29) is 18.1 Å². The molecule has 0 saturated carbocycles. The summed E-state index contributed by atoms with van der Waals surface area (Å²) in [5.41, 5.74) is 3.62. The number of amides is 1. The summed E-state index contributed by atoms with van der Waals surface area (Å²) in [6.45, 7) is 1.09. The summed E-state index contributed by atoms with van der Waals surface area (Å²) in [6.07, 6.45) is 7.95. The second-order valence-corrected chi connectivity index (χ2v) is 7.20. The van der Waals surface area contributed by atoms with E-state index in [4.69, 9.17) is 9.47 Å². The van der Waals surface area contributed by atoms with Crippen molar-refractivity contribution in [2.24, 2.45) is 0 Å². The first-order chi connectivity index (χ1) is 13.3. The Kier molecular flexibility index (Phi) is 5.67. The van der Waals surface area contributed by atoms with Crippen LogP contribution >= 0.6 is 0 Å². The van der Waals surface area contributed by atoms with Gasteiger partial charge in [-0.3, -0.25) is 9.89 Å². The summed E-state index contributed by atoms with van der Waals surface area (Å²) >= 11 is 0. The van der Waals surface area contributed by atoms with Crippen molar-refractivity contribution in [1.29, 1.82) is 0 Å². The number of carbonyl (C=O) groups excluding carboxylic acids is 1. The van der Waals surface area contributed by atoms with Gasteiger partial charge in [0.15, 0.2) is 0 Å². The van der Waals surface area contributed by atoms with Crippen LogP contribution in [-0.4, -0.2) is 46.4 Å². The summed E-state index contributed by atoms with van der Waals surface area (Å²) in [6, 6.07) is 5.40. The predicted octanol–water partition coefficient (Wildman–Crippen LogP) is 1.97. The van der Waals surface area contributed by atoms with Gasteiger partial charge in [0.05, 0.1) is 24.9 Å². The van der Waals surface area contributed by atoms with Crippen LogP contribution in [0.25, 0.3) is 0 Å². The van der Waals surface area contributed by atoms with Crippen molar-refractivity contribution in [2.45, 2.75) is 57.1 Å². The van der Waals surface area contributed by atoms with Gasteiger partial charge in [-0.1, -0.05) is 6.07 Å². The van der Waals surface area contributed by atoms with E-state index in [1.165, 1.54) is 24.1 Å². The highest BCUT2D eigenvalue weighted by molar-refractivity contribution is 5.76. The van der Waals surface area contributed by atoms with Crippen molar-refractivity contribution in [1.82, 2.24) is 20.5 Å². The second-order valence-electron chi connectivity index (χ2n) is 7.20. The maximum absolute atomic E-state index is 12.5. The molecule has 1 aliphatic heterocycles. The normalized spacial score (nSPS) is 22.1. The fourth-order valence-electron chi connectivity index (χ4n) is 3.83. The van der Waals surface area contributed by atoms with Gasteiger partial charge in [0.2, 0.25) is 11.8 Å². The highest BCUT2D eigenvalue weighted by atomic mass is 16.5. The van der Waals surface area contributed by atoms with Gasteiger partial charge in [0, 0.05) is 37.2 Å². The molecule has 2 N–H and O–H groups in total. The molecule has 144 valence electrons. The molecule has 1 saturated heterocycles. The number of nitrogens with zero attached hydrogens (tertiary/aromatic N) is 2. The third-order valence-electron chi connectivity index (χ3n) is 5.28. The number of rotatable bonds is 6. The minimum atomic E-state index is -0.165. The Morgan fingerprint density at radius 2 is 2.26 bits per heavy atom. The van der Waals surface area contributed by atoms with Crippen molar-refractivity contribution >= 4 is 5.91 Å². The molecular formula is C20H26N4O3. The first-order valence-electron chi connectivity index (χ1n) is 9.79. The van der Waals surface area contributed by atoms with Gasteiger partial charge in [-0.05, 0) is 37.3 Å². The smallest absolute Gasteiger partial charge is 0.220 e. The van der Waals surface area contributed by atoms with E-state index in [0.717, 1.165) is 25.0 Å². The summed E-state index contributed by atoms with van der Waals surface area (Å²) in [5, 5.41) is 10.6. The average Bonchev–Trinajstić information content (AvgIpc) is 3.12. The second kappa shape index (κ2) is 8.52. The standard InChI is InChI=1S/C20H26N4O3/c25-19(9-8-16-14-5-1-2-6-15(14)23-24-16)22-17-13-26-12-10-18(17)27-20-7-3-4-11-21-20/h3-4,7,11,17-18H,1-2,5-6,8-10,12-13H2,(H,22,25)(H,23,24)/t17-,18-/m1/s1. The largest absolute Gasteiger partial charge is 0.472 e. The molecule has 2 aliphatic rings. The Hall–Kier alpha value is -2.41. The molecule has 7 nitrogen and oxygen atoms in total. The molecule has 2 aromatic heterocycles. The van der Waals surface area contributed by atoms with Gasteiger partial charge in [-0.15, -0.1) is 0 Å². The first-order valence-corrected chi connectivity index (χ1v) is 9.79. The number of nitrogens with one attached hydrogen (secondary N) is 2. The fourth-order valence-corrected chi connectivity index (χ4v) is 3.83. The van der Waals surface area contributed by atoms with Crippen LogP contribution in [0.4, 0.5) is 0 Å².